The molecule has 7 N–H and O–H groups in total. The highest BCUT2D eigenvalue weighted by molar-refractivity contribution is 5.84. The molecule has 1 saturated carbocycles. The summed E-state index contributed by atoms with van der Waals surface area (Å²) in [7, 11) is 7.05. The number of hydrogen-bond donors (Lipinski definition) is 6. The maximum Gasteiger partial charge on any atom is 0.311 e. The maximum atomic E-state index is 14.6. The summed E-state index contributed by atoms with van der Waals surface area (Å²) in [5.41, 5.74) is 2.62. The third-order valence-corrected chi connectivity index (χ3v) is 17.3. The van der Waals surface area contributed by atoms with Gasteiger partial charge in [-0.3, -0.25) is 14.4 Å². The molecule has 7 rings (SSSR count). The molecular formula is C56H92N8O15. The summed E-state index contributed by atoms with van der Waals surface area (Å²) in [6.07, 6.45) is -1.68. The highest BCUT2D eigenvalue weighted by atomic mass is 16.7. The number of carbonyl (C=O) groups is 3. The Morgan fingerprint density at radius 2 is 1.65 bits per heavy atom. The van der Waals surface area contributed by atoms with Gasteiger partial charge in [0.25, 0.3) is 0 Å². The number of aromatic nitrogens is 4. The summed E-state index contributed by atoms with van der Waals surface area (Å²) >= 11 is 0. The molecule has 2 aromatic heterocycles. The molecule has 446 valence electrons. The van der Waals surface area contributed by atoms with E-state index in [9.17, 15) is 34.8 Å². The molecule has 0 amide bonds. The number of nitrogens with two attached hydrogens (primary N) is 1. The molecule has 0 aromatic carbocycles. The minimum absolute atomic E-state index is 0.0441. The zero-order valence-corrected chi connectivity index (χ0v) is 48.9. The number of aliphatic hydroxyl groups is 4. The van der Waals surface area contributed by atoms with Crippen LogP contribution >= 0.6 is 0 Å². The zero-order chi connectivity index (χ0) is 58.1. The average molecular weight is 1120 g/mol. The Kier molecular flexibility index (Phi) is 20.2. The van der Waals surface area contributed by atoms with E-state index in [0.29, 0.717) is 36.0 Å². The number of carbonyl (C=O) groups excluding carboxylic acids is 3. The third kappa shape index (κ3) is 14.4. The number of likely N-dealkylation sites (N-methyl/N-ethyl adjacent to an activating group) is 2. The second kappa shape index (κ2) is 25.6. The van der Waals surface area contributed by atoms with E-state index in [4.69, 9.17) is 43.6 Å². The lowest BCUT2D eigenvalue weighted by Crippen LogP contribution is -2.61. The molecule has 5 aliphatic rings. The van der Waals surface area contributed by atoms with Crippen LogP contribution in [0.3, 0.4) is 0 Å². The van der Waals surface area contributed by atoms with Gasteiger partial charge < -0.3 is 83.7 Å². The topological polar surface area (TPSA) is 294 Å². The summed E-state index contributed by atoms with van der Waals surface area (Å²) in [6, 6.07) is -0.849. The van der Waals surface area contributed by atoms with Crippen LogP contribution in [0.1, 0.15) is 133 Å². The molecule has 23 nitrogen and oxygen atoms in total. The standard InChI is InChI=1S/C56H92N8O15/c1-15-39-56(10,71)46(67)33(6)63(13)26-29(2)24-54(8,70)48(31(4)44(32(5)51(69)76-39)78-42-25-55(9,72-14)47(68)34(7)75-42)79-52-45(38(62(11)12)23-30(3)74-52)77-41(66)18-16-17-40(65)73-27-35-19-22-37(35)64-28-58-43-49(59-36-20-21-36)60-53(57)61-50(43)64/h19,22,28-39,42,44-48,52,67-68,70-71H,15-18,20-21,23-27H2,1-14H3,(H3,57,59,60,61)/t29-,30-,31+,32-,33-,34+,35?,37?,38?,39-,42+,44+,45-,46-,47+,48-,52+,54-,55-,56-/m1/s1. The van der Waals surface area contributed by atoms with Crippen molar-refractivity contribution in [3.05, 3.63) is 18.5 Å². The highest BCUT2D eigenvalue weighted by Gasteiger charge is 2.53. The van der Waals surface area contributed by atoms with Crippen LogP contribution in [-0.2, 0) is 52.3 Å². The van der Waals surface area contributed by atoms with Crippen LogP contribution in [0.15, 0.2) is 18.5 Å². The van der Waals surface area contributed by atoms with Crippen LogP contribution < -0.4 is 11.1 Å². The molecule has 4 fully saturated rings. The Bertz CT molecular complexity index is 2420. The predicted molar refractivity (Wildman–Crippen MR) is 291 cm³/mol. The lowest BCUT2D eigenvalue weighted by atomic mass is 9.77. The first-order valence-corrected chi connectivity index (χ1v) is 28.4. The molecule has 2 aliphatic carbocycles. The van der Waals surface area contributed by atoms with Crippen molar-refractivity contribution in [1.29, 1.82) is 0 Å². The summed E-state index contributed by atoms with van der Waals surface area (Å²) in [6.45, 7) is 17.9. The fraction of sp³-hybridized carbons (Fsp3) is 0.821. The van der Waals surface area contributed by atoms with E-state index in [0.717, 1.165) is 12.8 Å². The largest absolute Gasteiger partial charge is 0.465 e. The number of ether oxygens (including phenoxy) is 8. The number of rotatable bonds is 17. The molecule has 5 heterocycles. The van der Waals surface area contributed by atoms with Gasteiger partial charge in [0.2, 0.25) is 5.95 Å². The van der Waals surface area contributed by atoms with Gasteiger partial charge in [-0.25, -0.2) is 4.98 Å². The van der Waals surface area contributed by atoms with Gasteiger partial charge in [-0.15, -0.1) is 0 Å². The first kappa shape index (κ1) is 62.5. The SMILES string of the molecule is CC[C@H]1OC(=O)[C@H](C)[C@@H](O[C@H]2C[C@@](C)(OC)[C@@H](O)[C@H](C)O2)[C@H](C)[C@@H](O[C@@H]2O[C@H](C)CC(N(C)C)[C@H]2OC(=O)CCCC(=O)OCC2C=CC2n2cnc3c(NC4CC4)nc(N)nc32)[C@](C)(O)C[C@@H](C)CN(C)[C@H](C)[C@@H](O)[C@]1(C)O. The maximum absolute atomic E-state index is 14.6. The lowest BCUT2D eigenvalue weighted by molar-refractivity contribution is -0.319. The second-order valence-electron chi connectivity index (χ2n) is 24.4. The van der Waals surface area contributed by atoms with Gasteiger partial charge in [0.1, 0.15) is 23.9 Å². The van der Waals surface area contributed by atoms with Crippen molar-refractivity contribution in [2.75, 3.05) is 52.5 Å². The second-order valence-corrected chi connectivity index (χ2v) is 24.4. The van der Waals surface area contributed by atoms with Gasteiger partial charge in [0, 0.05) is 56.8 Å². The summed E-state index contributed by atoms with van der Waals surface area (Å²) < 4.78 is 52.7. The van der Waals surface area contributed by atoms with Crippen molar-refractivity contribution in [1.82, 2.24) is 29.3 Å². The predicted octanol–water partition coefficient (Wildman–Crippen LogP) is 3.89. The van der Waals surface area contributed by atoms with Crippen molar-refractivity contribution >= 4 is 40.8 Å². The number of aliphatic hydroxyl groups excluding tert-OH is 2. The van der Waals surface area contributed by atoms with Gasteiger partial charge in [-0.2, -0.15) is 9.97 Å². The Morgan fingerprint density at radius 3 is 2.28 bits per heavy atom. The van der Waals surface area contributed by atoms with E-state index < -0.39 is 120 Å². The van der Waals surface area contributed by atoms with Crippen LogP contribution in [0, 0.1) is 23.7 Å². The molecule has 3 saturated heterocycles. The van der Waals surface area contributed by atoms with E-state index >= 15 is 0 Å². The third-order valence-electron chi connectivity index (χ3n) is 17.3. The lowest BCUT2D eigenvalue weighted by Gasteiger charge is -2.49. The van der Waals surface area contributed by atoms with E-state index in [1.165, 1.54) is 14.0 Å². The van der Waals surface area contributed by atoms with E-state index in [2.05, 4.69) is 20.3 Å². The highest BCUT2D eigenvalue weighted by Crippen LogP contribution is 2.41. The number of hydrogen-bond acceptors (Lipinski definition) is 22. The van der Waals surface area contributed by atoms with Crippen molar-refractivity contribution in [3.8, 4) is 0 Å². The first-order chi connectivity index (χ1) is 37.1. The summed E-state index contributed by atoms with van der Waals surface area (Å²) in [5.74, 6) is -3.45. The van der Waals surface area contributed by atoms with Crippen molar-refractivity contribution in [2.24, 2.45) is 23.7 Å². The van der Waals surface area contributed by atoms with Crippen LogP contribution in [0.5, 0.6) is 0 Å². The van der Waals surface area contributed by atoms with E-state index in [-0.39, 0.29) is 69.0 Å². The quantitative estimate of drug-likeness (QED) is 0.0744. The van der Waals surface area contributed by atoms with Gasteiger partial charge in [0.05, 0.1) is 66.6 Å². The molecule has 20 atom stereocenters. The molecule has 0 radical (unpaired) electrons. The van der Waals surface area contributed by atoms with Crippen LogP contribution in [0.4, 0.5) is 11.8 Å². The van der Waals surface area contributed by atoms with Crippen molar-refractivity contribution in [2.45, 2.75) is 229 Å². The number of nitrogens with one attached hydrogen (secondary N) is 1. The smallest absolute Gasteiger partial charge is 0.311 e. The minimum atomic E-state index is -1.87. The Hall–Kier alpha value is -4.14. The number of nitrogens with zero attached hydrogens (tertiary/aromatic N) is 6. The van der Waals surface area contributed by atoms with E-state index in [1.54, 1.807) is 54.8 Å². The van der Waals surface area contributed by atoms with Gasteiger partial charge in [-0.1, -0.05) is 32.9 Å². The van der Waals surface area contributed by atoms with Gasteiger partial charge in [0.15, 0.2) is 35.7 Å². The van der Waals surface area contributed by atoms with Crippen molar-refractivity contribution in [3.63, 3.8) is 0 Å². The molecule has 3 unspecified atom stereocenters. The number of methoxy groups -OCH3 is 1. The Labute approximate surface area is 465 Å². The van der Waals surface area contributed by atoms with Gasteiger partial charge >= 0.3 is 17.9 Å². The van der Waals surface area contributed by atoms with Crippen LogP contribution in [0.2, 0.25) is 0 Å². The zero-order valence-electron chi connectivity index (χ0n) is 48.9. The normalized spacial score (nSPS) is 40.0. The number of allylic oxidation sites excluding steroid dienone is 1. The number of anilines is 2. The molecular weight excluding hydrogens is 1020 g/mol. The Balaban J connectivity index is 1.09. The molecule has 3 aliphatic heterocycles. The van der Waals surface area contributed by atoms with Crippen LogP contribution in [-0.4, -0.2) is 205 Å². The first-order valence-electron chi connectivity index (χ1n) is 28.4. The summed E-state index contributed by atoms with van der Waals surface area (Å²) in [5, 5.41) is 51.2. The monoisotopic (exact) mass is 1120 g/mol. The Morgan fingerprint density at radius 1 is 0.949 bits per heavy atom. The average Bonchev–Trinajstić information content (AvgIpc) is 4.31. The van der Waals surface area contributed by atoms with Crippen molar-refractivity contribution < 1.29 is 72.7 Å². The summed E-state index contributed by atoms with van der Waals surface area (Å²) in [4.78, 5) is 59.0. The number of fused-ring (bicyclic) bond motifs is 1. The number of esters is 3. The number of cyclic esters (lactones) is 1. The fourth-order valence-corrected chi connectivity index (χ4v) is 12.2. The molecule has 2 aromatic rings. The van der Waals surface area contributed by atoms with E-state index in [1.807, 2.05) is 61.5 Å². The number of imidazole rings is 1. The van der Waals surface area contributed by atoms with Gasteiger partial charge in [-0.05, 0) is 114 Å². The number of nitrogen functional groups attached to an aromatic ring is 1. The fourth-order valence-electron chi connectivity index (χ4n) is 12.2. The minimum Gasteiger partial charge on any atom is -0.465 e. The molecule has 23 heteroatoms. The van der Waals surface area contributed by atoms with Crippen LogP contribution in [0.25, 0.3) is 11.2 Å². The molecule has 0 spiro atoms. The molecule has 79 heavy (non-hydrogen) atoms. The molecule has 0 bridgehead atoms.